The van der Waals surface area contributed by atoms with E-state index < -0.39 is 15.6 Å². The summed E-state index contributed by atoms with van der Waals surface area (Å²) in [5.41, 5.74) is 4.74. The van der Waals surface area contributed by atoms with Crippen LogP contribution in [0.5, 0.6) is 0 Å². The molecule has 1 aromatic rings. The Labute approximate surface area is 106 Å². The van der Waals surface area contributed by atoms with Crippen LogP contribution in [0.4, 0.5) is 0 Å². The molecule has 6 nitrogen and oxygen atoms in total. The van der Waals surface area contributed by atoms with E-state index in [0.29, 0.717) is 12.8 Å². The van der Waals surface area contributed by atoms with Crippen LogP contribution in [0.15, 0.2) is 17.6 Å². The Morgan fingerprint density at radius 3 is 2.53 bits per heavy atom. The Hall–Kier alpha value is -0.990. The summed E-state index contributed by atoms with van der Waals surface area (Å²) in [4.78, 5) is 6.36. The van der Waals surface area contributed by atoms with Gasteiger partial charge in [-0.05, 0) is 12.8 Å². The van der Waals surface area contributed by atoms with Crippen molar-refractivity contribution in [1.82, 2.24) is 14.7 Å². The Morgan fingerprint density at radius 2 is 2.18 bits per heavy atom. The fraction of sp³-hybridized carbons (Fsp3) is 0.556. The highest BCUT2D eigenvalue weighted by Crippen LogP contribution is 2.19. The van der Waals surface area contributed by atoms with E-state index in [9.17, 15) is 8.42 Å². The molecule has 0 saturated heterocycles. The van der Waals surface area contributed by atoms with Gasteiger partial charge >= 0.3 is 0 Å². The summed E-state index contributed by atoms with van der Waals surface area (Å²) >= 11 is 4.95. The fourth-order valence-electron chi connectivity index (χ4n) is 1.50. The maximum absolute atomic E-state index is 12.0. The number of H-pyrrole nitrogens is 1. The number of nitrogens with one attached hydrogen (secondary N) is 2. The molecule has 0 aliphatic rings. The van der Waals surface area contributed by atoms with Crippen molar-refractivity contribution < 1.29 is 8.42 Å². The lowest BCUT2D eigenvalue weighted by Crippen LogP contribution is -2.55. The molecule has 17 heavy (non-hydrogen) atoms. The fourth-order valence-corrected chi connectivity index (χ4v) is 3.33. The van der Waals surface area contributed by atoms with E-state index in [1.54, 1.807) is 0 Å². The molecule has 0 radical (unpaired) electrons. The molecular formula is C9H16N4O2S2. The molecule has 0 unspecified atom stereocenters. The molecule has 8 heteroatoms. The van der Waals surface area contributed by atoms with E-state index in [1.807, 2.05) is 13.8 Å². The Morgan fingerprint density at radius 1 is 1.59 bits per heavy atom. The van der Waals surface area contributed by atoms with Gasteiger partial charge in [0.1, 0.15) is 0 Å². The van der Waals surface area contributed by atoms with Crippen LogP contribution in [0.2, 0.25) is 0 Å². The molecule has 0 amide bonds. The van der Waals surface area contributed by atoms with Crippen molar-refractivity contribution in [1.29, 1.82) is 0 Å². The number of imidazole rings is 1. The zero-order chi connectivity index (χ0) is 13.1. The van der Waals surface area contributed by atoms with Crippen molar-refractivity contribution in [2.24, 2.45) is 5.73 Å². The standard InChI is InChI=1S/C9H16N4O2S2/c1-3-9(4-2,8(10)16)13-17(14,15)7-5-11-6-12-7/h5-6,13H,3-4H2,1-2H3,(H2,10,16)(H,11,12). The summed E-state index contributed by atoms with van der Waals surface area (Å²) in [5, 5.41) is 0.0000231. The van der Waals surface area contributed by atoms with Crippen LogP contribution >= 0.6 is 12.2 Å². The molecular weight excluding hydrogens is 260 g/mol. The quantitative estimate of drug-likeness (QED) is 0.658. The molecule has 1 heterocycles. The predicted molar refractivity (Wildman–Crippen MR) is 69.0 cm³/mol. The normalized spacial score (nSPS) is 12.6. The topological polar surface area (TPSA) is 101 Å². The zero-order valence-electron chi connectivity index (χ0n) is 9.73. The lowest BCUT2D eigenvalue weighted by atomic mass is 9.94. The van der Waals surface area contributed by atoms with E-state index >= 15 is 0 Å². The van der Waals surface area contributed by atoms with Crippen molar-refractivity contribution in [3.63, 3.8) is 0 Å². The SMILES string of the molecule is CCC(CC)(NS(=O)(=O)c1cnc[nH]1)C(N)=S. The number of hydrogen-bond acceptors (Lipinski definition) is 4. The van der Waals surface area contributed by atoms with Gasteiger partial charge in [-0.2, -0.15) is 4.72 Å². The molecule has 0 atom stereocenters. The van der Waals surface area contributed by atoms with E-state index in [0.717, 1.165) is 0 Å². The molecule has 0 spiro atoms. The first-order chi connectivity index (χ1) is 7.88. The average molecular weight is 276 g/mol. The Bertz CT molecular complexity index is 477. The first kappa shape index (κ1) is 14.1. The summed E-state index contributed by atoms with van der Waals surface area (Å²) in [6.45, 7) is 3.66. The summed E-state index contributed by atoms with van der Waals surface area (Å²) in [6, 6.07) is 0. The number of aromatic nitrogens is 2. The number of thiocarbonyl (C=S) groups is 1. The van der Waals surface area contributed by atoms with Crippen LogP contribution in [0.1, 0.15) is 26.7 Å². The van der Waals surface area contributed by atoms with Gasteiger partial charge < -0.3 is 10.7 Å². The summed E-state index contributed by atoms with van der Waals surface area (Å²) in [6.07, 6.45) is 3.52. The Balaban J connectivity index is 3.08. The molecule has 1 aromatic heterocycles. The zero-order valence-corrected chi connectivity index (χ0v) is 11.4. The maximum Gasteiger partial charge on any atom is 0.258 e. The van der Waals surface area contributed by atoms with E-state index in [1.165, 1.54) is 12.5 Å². The van der Waals surface area contributed by atoms with Gasteiger partial charge in [0.25, 0.3) is 10.0 Å². The number of hydrogen-bond donors (Lipinski definition) is 3. The van der Waals surface area contributed by atoms with Crippen molar-refractivity contribution in [2.45, 2.75) is 37.3 Å². The van der Waals surface area contributed by atoms with E-state index in [2.05, 4.69) is 14.7 Å². The Kier molecular flexibility index (Phi) is 4.23. The van der Waals surface area contributed by atoms with Gasteiger partial charge in [0.2, 0.25) is 0 Å². The monoisotopic (exact) mass is 276 g/mol. The minimum absolute atomic E-state index is 0.0000231. The molecule has 1 rings (SSSR count). The predicted octanol–water partition coefficient (Wildman–Crippen LogP) is 0.533. The van der Waals surface area contributed by atoms with Gasteiger partial charge in [-0.15, -0.1) is 0 Å². The first-order valence-corrected chi connectivity index (χ1v) is 7.09. The highest BCUT2D eigenvalue weighted by molar-refractivity contribution is 7.89. The lowest BCUT2D eigenvalue weighted by molar-refractivity contribution is 0.464. The van der Waals surface area contributed by atoms with E-state index in [-0.39, 0.29) is 10.0 Å². The van der Waals surface area contributed by atoms with Crippen molar-refractivity contribution in [2.75, 3.05) is 0 Å². The highest BCUT2D eigenvalue weighted by Gasteiger charge is 2.35. The minimum atomic E-state index is -3.68. The van der Waals surface area contributed by atoms with Crippen LogP contribution in [0.25, 0.3) is 0 Å². The van der Waals surface area contributed by atoms with Crippen molar-refractivity contribution in [3.05, 3.63) is 12.5 Å². The van der Waals surface area contributed by atoms with Crippen LogP contribution in [-0.2, 0) is 10.0 Å². The highest BCUT2D eigenvalue weighted by atomic mass is 32.2. The van der Waals surface area contributed by atoms with E-state index in [4.69, 9.17) is 18.0 Å². The summed E-state index contributed by atoms with van der Waals surface area (Å²) < 4.78 is 26.6. The smallest absolute Gasteiger partial charge is 0.258 e. The van der Waals surface area contributed by atoms with Gasteiger partial charge in [-0.3, -0.25) is 0 Å². The summed E-state index contributed by atoms with van der Waals surface area (Å²) in [5.74, 6) is 0. The number of nitrogens with two attached hydrogens (primary N) is 1. The lowest BCUT2D eigenvalue weighted by Gasteiger charge is -2.30. The van der Waals surface area contributed by atoms with Gasteiger partial charge in [-0.25, -0.2) is 13.4 Å². The number of rotatable bonds is 6. The molecule has 96 valence electrons. The van der Waals surface area contributed by atoms with Crippen LogP contribution in [0, 0.1) is 0 Å². The van der Waals surface area contributed by atoms with Crippen molar-refractivity contribution >= 4 is 27.2 Å². The molecule has 0 aromatic carbocycles. The molecule has 0 saturated carbocycles. The van der Waals surface area contributed by atoms with Crippen molar-refractivity contribution in [3.8, 4) is 0 Å². The second-order valence-corrected chi connectivity index (χ2v) is 5.77. The third kappa shape index (κ3) is 2.82. The number of sulfonamides is 1. The minimum Gasteiger partial charge on any atom is -0.392 e. The number of nitrogens with zero attached hydrogens (tertiary/aromatic N) is 1. The third-order valence-electron chi connectivity index (χ3n) is 2.77. The third-order valence-corrected chi connectivity index (χ3v) is 4.62. The molecule has 0 aliphatic carbocycles. The first-order valence-electron chi connectivity index (χ1n) is 5.20. The molecule has 0 fully saturated rings. The molecule has 4 N–H and O–H groups in total. The second-order valence-electron chi connectivity index (χ2n) is 3.67. The van der Waals surface area contributed by atoms with Crippen LogP contribution in [0.3, 0.4) is 0 Å². The molecule has 0 aliphatic heterocycles. The second kappa shape index (κ2) is 5.11. The van der Waals surface area contributed by atoms with Crippen LogP contribution < -0.4 is 10.5 Å². The van der Waals surface area contributed by atoms with Gasteiger partial charge in [0.05, 0.1) is 23.1 Å². The number of aromatic amines is 1. The van der Waals surface area contributed by atoms with Gasteiger partial charge in [0, 0.05) is 0 Å². The van der Waals surface area contributed by atoms with Crippen LogP contribution in [-0.4, -0.2) is 28.9 Å². The average Bonchev–Trinajstić information content (AvgIpc) is 2.79. The largest absolute Gasteiger partial charge is 0.392 e. The van der Waals surface area contributed by atoms with Gasteiger partial charge in [0.15, 0.2) is 5.03 Å². The molecule has 0 bridgehead atoms. The maximum atomic E-state index is 12.0. The van der Waals surface area contributed by atoms with Gasteiger partial charge in [-0.1, -0.05) is 26.1 Å². The summed E-state index contributed by atoms with van der Waals surface area (Å²) in [7, 11) is -3.68.